The minimum Gasteiger partial charge on any atom is -0.507 e. The summed E-state index contributed by atoms with van der Waals surface area (Å²) in [6.07, 6.45) is 5.71. The summed E-state index contributed by atoms with van der Waals surface area (Å²) >= 11 is 1.72. The van der Waals surface area contributed by atoms with Crippen LogP contribution in [0, 0.1) is 11.8 Å². The van der Waals surface area contributed by atoms with Gasteiger partial charge in [0.15, 0.2) is 0 Å². The predicted octanol–water partition coefficient (Wildman–Crippen LogP) is 5.77. The molecule has 2 aliphatic rings. The molecule has 2 fully saturated rings. The van der Waals surface area contributed by atoms with Gasteiger partial charge in [-0.2, -0.15) is 0 Å². The van der Waals surface area contributed by atoms with E-state index in [0.29, 0.717) is 18.2 Å². The van der Waals surface area contributed by atoms with Crippen LogP contribution in [0.5, 0.6) is 5.75 Å². The van der Waals surface area contributed by atoms with Crippen molar-refractivity contribution in [3.05, 3.63) is 23.3 Å². The lowest BCUT2D eigenvalue weighted by Crippen LogP contribution is -2.38. The van der Waals surface area contributed by atoms with E-state index in [4.69, 9.17) is 0 Å². The number of amides is 1. The van der Waals surface area contributed by atoms with Crippen LogP contribution in [0.4, 0.5) is 0 Å². The number of nitrogens with one attached hydrogen (secondary N) is 1. The number of rotatable bonds is 5. The van der Waals surface area contributed by atoms with Crippen LogP contribution >= 0.6 is 11.8 Å². The minimum absolute atomic E-state index is 0.125. The molecule has 2 N–H and O–H groups in total. The second-order valence-corrected chi connectivity index (χ2v) is 12.0. The van der Waals surface area contributed by atoms with E-state index in [1.807, 2.05) is 0 Å². The van der Waals surface area contributed by atoms with Crippen LogP contribution < -0.4 is 5.32 Å². The van der Waals surface area contributed by atoms with Crippen molar-refractivity contribution in [2.75, 3.05) is 5.75 Å². The van der Waals surface area contributed by atoms with Crippen molar-refractivity contribution in [2.45, 2.75) is 95.4 Å². The van der Waals surface area contributed by atoms with Crippen LogP contribution in [0.3, 0.4) is 0 Å². The third-order valence-corrected chi connectivity index (χ3v) is 7.36. The molecule has 0 spiro atoms. The van der Waals surface area contributed by atoms with Crippen molar-refractivity contribution < 1.29 is 9.90 Å². The zero-order valence-electron chi connectivity index (χ0n) is 18.4. The lowest BCUT2D eigenvalue weighted by Gasteiger charge is -2.28. The Kier molecular flexibility index (Phi) is 6.10. The third kappa shape index (κ3) is 4.87. The van der Waals surface area contributed by atoms with Gasteiger partial charge in [-0.15, -0.1) is 11.8 Å². The van der Waals surface area contributed by atoms with E-state index < -0.39 is 0 Å². The van der Waals surface area contributed by atoms with Crippen molar-refractivity contribution in [3.63, 3.8) is 0 Å². The third-order valence-electron chi connectivity index (χ3n) is 6.38. The lowest BCUT2D eigenvalue weighted by molar-refractivity contribution is -0.121. The van der Waals surface area contributed by atoms with Crippen LogP contribution in [0.2, 0.25) is 0 Å². The van der Waals surface area contributed by atoms with Gasteiger partial charge in [0.2, 0.25) is 5.91 Å². The molecule has 2 saturated carbocycles. The number of phenols is 1. The maximum absolute atomic E-state index is 12.4. The van der Waals surface area contributed by atoms with Gasteiger partial charge in [0.05, 0.1) is 0 Å². The zero-order chi connectivity index (χ0) is 20.7. The lowest BCUT2D eigenvalue weighted by atomic mass is 9.79. The molecule has 2 bridgehead atoms. The Morgan fingerprint density at radius 2 is 1.68 bits per heavy atom. The summed E-state index contributed by atoms with van der Waals surface area (Å²) in [7, 11) is 0. The van der Waals surface area contributed by atoms with Crippen LogP contribution in [0.15, 0.2) is 17.0 Å². The molecule has 0 heterocycles. The molecule has 0 radical (unpaired) electrons. The van der Waals surface area contributed by atoms with Gasteiger partial charge < -0.3 is 10.4 Å². The van der Waals surface area contributed by atoms with Gasteiger partial charge in [-0.25, -0.2) is 0 Å². The molecule has 156 valence electrons. The van der Waals surface area contributed by atoms with Crippen LogP contribution in [0.25, 0.3) is 0 Å². The smallest absolute Gasteiger partial charge is 0.221 e. The molecular formula is C24H37NO2S. The van der Waals surface area contributed by atoms with Crippen molar-refractivity contribution in [1.82, 2.24) is 5.32 Å². The Balaban J connectivity index is 1.62. The summed E-state index contributed by atoms with van der Waals surface area (Å²) < 4.78 is 0. The fourth-order valence-corrected chi connectivity index (χ4v) is 5.72. The van der Waals surface area contributed by atoms with E-state index in [1.54, 1.807) is 11.8 Å². The molecule has 1 amide bonds. The normalized spacial score (nSPS) is 24.6. The number of thioether (sulfide) groups is 1. The second-order valence-electron chi connectivity index (χ2n) is 10.8. The second kappa shape index (κ2) is 7.93. The summed E-state index contributed by atoms with van der Waals surface area (Å²) in [6.45, 7) is 12.8. The Morgan fingerprint density at radius 3 is 2.14 bits per heavy atom. The molecule has 0 aromatic heterocycles. The van der Waals surface area contributed by atoms with Crippen molar-refractivity contribution >= 4 is 17.7 Å². The number of fused-ring (bicyclic) bond motifs is 2. The standard InChI is InChI=1S/C24H37NO2S/c1-23(2,3)18-13-17(14-19(22(18)27)24(4,5)6)28-10-9-21(26)25-20-12-15-7-8-16(20)11-15/h13-16,20,27H,7-12H2,1-6H3,(H,25,26). The topological polar surface area (TPSA) is 49.3 Å². The highest BCUT2D eigenvalue weighted by Gasteiger charge is 2.39. The van der Waals surface area contributed by atoms with Crippen LogP contribution in [-0.2, 0) is 15.6 Å². The molecule has 3 nitrogen and oxygen atoms in total. The molecule has 0 saturated heterocycles. The quantitative estimate of drug-likeness (QED) is 0.613. The first-order chi connectivity index (χ1) is 12.9. The summed E-state index contributed by atoms with van der Waals surface area (Å²) in [5, 5.41) is 14.1. The molecule has 2 aliphatic carbocycles. The van der Waals surface area contributed by atoms with Crippen molar-refractivity contribution in [2.24, 2.45) is 11.8 Å². The summed E-state index contributed by atoms with van der Waals surface area (Å²) in [5.41, 5.74) is 1.71. The number of carbonyl (C=O) groups is 1. The van der Waals surface area contributed by atoms with E-state index >= 15 is 0 Å². The first-order valence-corrected chi connectivity index (χ1v) is 11.7. The molecule has 3 rings (SSSR count). The number of aromatic hydroxyl groups is 1. The first-order valence-electron chi connectivity index (χ1n) is 10.8. The largest absolute Gasteiger partial charge is 0.507 e. The molecule has 4 heteroatoms. The maximum atomic E-state index is 12.4. The number of hydrogen-bond acceptors (Lipinski definition) is 3. The van der Waals surface area contributed by atoms with Gasteiger partial charge >= 0.3 is 0 Å². The summed E-state index contributed by atoms with van der Waals surface area (Å²) in [6, 6.07) is 4.62. The summed E-state index contributed by atoms with van der Waals surface area (Å²) in [5.74, 6) is 2.95. The Hall–Kier alpha value is -1.16. The number of phenolic OH excluding ortho intramolecular Hbond substituents is 1. The Morgan fingerprint density at radius 1 is 1.07 bits per heavy atom. The molecular weight excluding hydrogens is 366 g/mol. The van der Waals surface area contributed by atoms with Crippen molar-refractivity contribution in [1.29, 1.82) is 0 Å². The highest BCUT2D eigenvalue weighted by atomic mass is 32.2. The molecule has 1 aromatic carbocycles. The Bertz CT molecular complexity index is 694. The van der Waals surface area contributed by atoms with Gasteiger partial charge in [-0.3, -0.25) is 4.79 Å². The predicted molar refractivity (Wildman–Crippen MR) is 118 cm³/mol. The molecule has 1 aromatic rings. The molecule has 28 heavy (non-hydrogen) atoms. The highest BCUT2D eigenvalue weighted by molar-refractivity contribution is 7.99. The van der Waals surface area contributed by atoms with Gasteiger partial charge in [-0.05, 0) is 54.1 Å². The van der Waals surface area contributed by atoms with Gasteiger partial charge in [0.1, 0.15) is 5.75 Å². The average molecular weight is 404 g/mol. The van der Waals surface area contributed by atoms with E-state index in [-0.39, 0.29) is 16.7 Å². The zero-order valence-corrected chi connectivity index (χ0v) is 19.2. The van der Waals surface area contributed by atoms with Crippen molar-refractivity contribution in [3.8, 4) is 5.75 Å². The molecule has 0 aliphatic heterocycles. The summed E-state index contributed by atoms with van der Waals surface area (Å²) in [4.78, 5) is 13.5. The van der Waals surface area contributed by atoms with Crippen LogP contribution in [0.1, 0.15) is 84.8 Å². The number of benzene rings is 1. The van der Waals surface area contributed by atoms with Gasteiger partial charge in [0, 0.05) is 34.2 Å². The minimum atomic E-state index is -0.125. The van der Waals surface area contributed by atoms with E-state index in [0.717, 1.165) is 33.6 Å². The number of carbonyl (C=O) groups excluding carboxylic acids is 1. The van der Waals surface area contributed by atoms with E-state index in [2.05, 4.69) is 59.0 Å². The van der Waals surface area contributed by atoms with E-state index in [1.165, 1.54) is 25.7 Å². The van der Waals surface area contributed by atoms with Crippen LogP contribution in [-0.4, -0.2) is 22.8 Å². The Labute approximate surface area is 175 Å². The fraction of sp³-hybridized carbons (Fsp3) is 0.708. The van der Waals surface area contributed by atoms with Gasteiger partial charge in [-0.1, -0.05) is 48.0 Å². The monoisotopic (exact) mass is 403 g/mol. The van der Waals surface area contributed by atoms with E-state index in [9.17, 15) is 9.90 Å². The van der Waals surface area contributed by atoms with Gasteiger partial charge in [0.25, 0.3) is 0 Å². The highest BCUT2D eigenvalue weighted by Crippen LogP contribution is 2.44. The average Bonchev–Trinajstić information content (AvgIpc) is 3.16. The first kappa shape index (κ1) is 21.5. The SMILES string of the molecule is CC(C)(C)c1cc(SCCC(=O)NC2CC3CCC2C3)cc(C(C)(C)C)c1O. The number of hydrogen-bond donors (Lipinski definition) is 2. The molecule has 3 unspecified atom stereocenters. The maximum Gasteiger partial charge on any atom is 0.221 e. The molecule has 3 atom stereocenters. The fourth-order valence-electron chi connectivity index (χ4n) is 4.80.